The van der Waals surface area contributed by atoms with Gasteiger partial charge in [0.25, 0.3) is 0 Å². The number of para-hydroxylation sites is 1. The second-order valence-electron chi connectivity index (χ2n) is 9.08. The molecule has 8 nitrogen and oxygen atoms in total. The molecule has 35 heavy (non-hydrogen) atoms. The topological polar surface area (TPSA) is 84.7 Å². The van der Waals surface area contributed by atoms with Crippen molar-refractivity contribution in [3.63, 3.8) is 0 Å². The monoisotopic (exact) mass is 494 g/mol. The molecule has 0 bridgehead atoms. The average Bonchev–Trinajstić information content (AvgIpc) is 3.43. The summed E-state index contributed by atoms with van der Waals surface area (Å²) in [6, 6.07) is 17.8. The van der Waals surface area contributed by atoms with Crippen LogP contribution in [-0.4, -0.2) is 55.3 Å². The maximum absolute atomic E-state index is 13.5. The van der Waals surface area contributed by atoms with Gasteiger partial charge >= 0.3 is 5.56 Å². The Morgan fingerprint density at radius 2 is 1.51 bits per heavy atom. The first-order valence-electron chi connectivity index (χ1n) is 12.1. The van der Waals surface area contributed by atoms with Crippen molar-refractivity contribution in [3.8, 4) is 11.4 Å². The van der Waals surface area contributed by atoms with E-state index in [1.807, 2.05) is 35.2 Å². The summed E-state index contributed by atoms with van der Waals surface area (Å²) in [5, 5.41) is 4.43. The van der Waals surface area contributed by atoms with Crippen LogP contribution in [0.25, 0.3) is 5.69 Å². The van der Waals surface area contributed by atoms with E-state index < -0.39 is 10.0 Å². The summed E-state index contributed by atoms with van der Waals surface area (Å²) in [4.78, 5) is 15.8. The molecule has 184 valence electrons. The Labute approximate surface area is 205 Å². The zero-order chi connectivity index (χ0) is 24.3. The Balaban J connectivity index is 1.40. The Hall–Kier alpha value is -3.17. The lowest BCUT2D eigenvalue weighted by Crippen LogP contribution is -2.49. The van der Waals surface area contributed by atoms with Gasteiger partial charge in [0.1, 0.15) is 5.69 Å². The summed E-state index contributed by atoms with van der Waals surface area (Å²) in [7, 11) is -3.56. The Morgan fingerprint density at radius 3 is 2.17 bits per heavy atom. The molecule has 0 atom stereocenters. The Morgan fingerprint density at radius 1 is 0.886 bits per heavy atom. The van der Waals surface area contributed by atoms with Gasteiger partial charge < -0.3 is 9.64 Å². The lowest BCUT2D eigenvalue weighted by atomic mass is 10.1. The third-order valence-corrected chi connectivity index (χ3v) is 8.73. The predicted molar refractivity (Wildman–Crippen MR) is 135 cm³/mol. The molecule has 2 aromatic carbocycles. The third kappa shape index (κ3) is 4.97. The SMILES string of the molecule is O=c1c(OCC2CCCC2)c(N2CCN(S(=O)(=O)c3ccccc3)CC2)cnn1-c1ccccc1. The van der Waals surface area contributed by atoms with Crippen LogP contribution in [0.1, 0.15) is 25.7 Å². The van der Waals surface area contributed by atoms with Gasteiger partial charge in [0.05, 0.1) is 23.4 Å². The fraction of sp³-hybridized carbons (Fsp3) is 0.385. The van der Waals surface area contributed by atoms with Crippen LogP contribution in [0.15, 0.2) is 76.6 Å². The number of benzene rings is 2. The molecule has 1 aliphatic carbocycles. The van der Waals surface area contributed by atoms with E-state index in [4.69, 9.17) is 4.74 Å². The van der Waals surface area contributed by atoms with Crippen LogP contribution < -0.4 is 15.2 Å². The Bertz CT molecular complexity index is 1300. The lowest BCUT2D eigenvalue weighted by molar-refractivity contribution is 0.247. The van der Waals surface area contributed by atoms with Crippen LogP contribution >= 0.6 is 0 Å². The number of aromatic nitrogens is 2. The molecule has 0 unspecified atom stereocenters. The number of hydrogen-bond acceptors (Lipinski definition) is 6. The van der Waals surface area contributed by atoms with Crippen LogP contribution in [0, 0.1) is 5.92 Å². The van der Waals surface area contributed by atoms with Gasteiger partial charge in [0, 0.05) is 26.2 Å². The Kier molecular flexibility index (Phi) is 6.88. The number of hydrogen-bond donors (Lipinski definition) is 0. The van der Waals surface area contributed by atoms with Crippen LogP contribution in [-0.2, 0) is 10.0 Å². The molecule has 0 radical (unpaired) electrons. The van der Waals surface area contributed by atoms with Crippen molar-refractivity contribution in [2.24, 2.45) is 5.92 Å². The maximum atomic E-state index is 13.5. The fourth-order valence-corrected chi connectivity index (χ4v) is 6.28. The first kappa shape index (κ1) is 23.6. The summed E-state index contributed by atoms with van der Waals surface area (Å²) in [5.74, 6) is 0.739. The number of anilines is 1. The highest BCUT2D eigenvalue weighted by Gasteiger charge is 2.30. The van der Waals surface area contributed by atoms with Crippen molar-refractivity contribution in [1.29, 1.82) is 0 Å². The van der Waals surface area contributed by atoms with E-state index in [-0.39, 0.29) is 11.3 Å². The van der Waals surface area contributed by atoms with Crippen molar-refractivity contribution >= 4 is 15.7 Å². The number of ether oxygens (including phenoxy) is 1. The highest BCUT2D eigenvalue weighted by molar-refractivity contribution is 7.89. The molecule has 2 heterocycles. The average molecular weight is 495 g/mol. The minimum absolute atomic E-state index is 0.287. The standard InChI is InChI=1S/C26H30N4O4S/c31-26-25(34-20-21-9-7-8-10-21)24(19-27-30(26)22-11-3-1-4-12-22)28-15-17-29(18-16-28)35(32,33)23-13-5-2-6-14-23/h1-6,11-14,19,21H,7-10,15-18,20H2. The van der Waals surface area contributed by atoms with Gasteiger partial charge in [-0.1, -0.05) is 49.2 Å². The van der Waals surface area contributed by atoms with Crippen molar-refractivity contribution in [3.05, 3.63) is 77.2 Å². The third-order valence-electron chi connectivity index (χ3n) is 6.81. The molecule has 0 spiro atoms. The van der Waals surface area contributed by atoms with E-state index in [9.17, 15) is 13.2 Å². The minimum Gasteiger partial charge on any atom is -0.486 e. The number of piperazine rings is 1. The van der Waals surface area contributed by atoms with Gasteiger partial charge in [-0.2, -0.15) is 14.1 Å². The van der Waals surface area contributed by atoms with Crippen molar-refractivity contribution in [2.45, 2.75) is 30.6 Å². The van der Waals surface area contributed by atoms with E-state index in [0.717, 1.165) is 12.8 Å². The van der Waals surface area contributed by atoms with Gasteiger partial charge in [-0.25, -0.2) is 8.42 Å². The van der Waals surface area contributed by atoms with Crippen molar-refractivity contribution in [1.82, 2.24) is 14.1 Å². The predicted octanol–water partition coefficient (Wildman–Crippen LogP) is 3.31. The number of sulfonamides is 1. The lowest BCUT2D eigenvalue weighted by Gasteiger charge is -2.35. The molecule has 3 aromatic rings. The molecule has 2 aliphatic rings. The van der Waals surface area contributed by atoms with Gasteiger partial charge in [0.2, 0.25) is 15.8 Å². The summed E-state index contributed by atoms with van der Waals surface area (Å²) in [6.07, 6.45) is 6.29. The van der Waals surface area contributed by atoms with Gasteiger partial charge in [-0.15, -0.1) is 0 Å². The van der Waals surface area contributed by atoms with Crippen LogP contribution in [0.4, 0.5) is 5.69 Å². The second kappa shape index (κ2) is 10.2. The molecule has 2 fully saturated rings. The van der Waals surface area contributed by atoms with E-state index in [1.54, 1.807) is 36.5 Å². The van der Waals surface area contributed by atoms with E-state index in [0.29, 0.717) is 55.0 Å². The van der Waals surface area contributed by atoms with E-state index >= 15 is 0 Å². The summed E-state index contributed by atoms with van der Waals surface area (Å²) < 4.78 is 35.1. The zero-order valence-corrected chi connectivity index (χ0v) is 20.4. The van der Waals surface area contributed by atoms with E-state index in [2.05, 4.69) is 5.10 Å². The van der Waals surface area contributed by atoms with Crippen LogP contribution in [0.5, 0.6) is 5.75 Å². The van der Waals surface area contributed by atoms with Crippen LogP contribution in [0.3, 0.4) is 0 Å². The smallest absolute Gasteiger partial charge is 0.316 e. The molecule has 0 amide bonds. The second-order valence-corrected chi connectivity index (χ2v) is 11.0. The fourth-order valence-electron chi connectivity index (χ4n) is 4.83. The molecular weight excluding hydrogens is 464 g/mol. The molecule has 1 saturated carbocycles. The molecule has 5 rings (SSSR count). The molecule has 1 aliphatic heterocycles. The van der Waals surface area contributed by atoms with E-state index in [1.165, 1.54) is 21.8 Å². The van der Waals surface area contributed by atoms with Gasteiger partial charge in [-0.3, -0.25) is 4.79 Å². The summed E-state index contributed by atoms with van der Waals surface area (Å²) in [5.41, 5.74) is 0.997. The highest BCUT2D eigenvalue weighted by Crippen LogP contribution is 2.30. The first-order valence-corrected chi connectivity index (χ1v) is 13.6. The number of nitrogens with zero attached hydrogens (tertiary/aromatic N) is 4. The minimum atomic E-state index is -3.56. The molecule has 9 heteroatoms. The normalized spacial score (nSPS) is 17.5. The molecule has 1 saturated heterocycles. The zero-order valence-electron chi connectivity index (χ0n) is 19.6. The van der Waals surface area contributed by atoms with Gasteiger partial charge in [0.15, 0.2) is 0 Å². The van der Waals surface area contributed by atoms with Crippen molar-refractivity contribution < 1.29 is 13.2 Å². The molecular formula is C26H30N4O4S. The first-order chi connectivity index (χ1) is 17.0. The van der Waals surface area contributed by atoms with Gasteiger partial charge in [-0.05, 0) is 43.0 Å². The molecule has 1 aromatic heterocycles. The highest BCUT2D eigenvalue weighted by atomic mass is 32.2. The maximum Gasteiger partial charge on any atom is 0.316 e. The summed E-state index contributed by atoms with van der Waals surface area (Å²) >= 11 is 0. The van der Waals surface area contributed by atoms with Crippen molar-refractivity contribution in [2.75, 3.05) is 37.7 Å². The quantitative estimate of drug-likeness (QED) is 0.501. The number of rotatable bonds is 7. The summed E-state index contributed by atoms with van der Waals surface area (Å²) in [6.45, 7) is 2.04. The molecule has 0 N–H and O–H groups in total. The van der Waals surface area contributed by atoms with Crippen LogP contribution in [0.2, 0.25) is 0 Å². The largest absolute Gasteiger partial charge is 0.486 e.